The van der Waals surface area contributed by atoms with Crippen molar-refractivity contribution in [1.29, 1.82) is 0 Å². The average Bonchev–Trinajstić information content (AvgIpc) is 3.45. The number of thiophene rings is 1. The number of aryl methyl sites for hydroxylation is 2. The molecule has 1 amide bonds. The van der Waals surface area contributed by atoms with E-state index in [-0.39, 0.29) is 5.91 Å². The third kappa shape index (κ3) is 2.93. The predicted octanol–water partition coefficient (Wildman–Crippen LogP) is 4.34. The summed E-state index contributed by atoms with van der Waals surface area (Å²) in [6.45, 7) is 0. The molecule has 0 radical (unpaired) electrons. The Kier molecular flexibility index (Phi) is 4.29. The first-order valence-corrected chi connectivity index (χ1v) is 10.2. The predicted molar refractivity (Wildman–Crippen MR) is 118 cm³/mol. The van der Waals surface area contributed by atoms with Gasteiger partial charge in [0.15, 0.2) is 0 Å². The number of fused-ring (bicyclic) bond motifs is 2. The molecule has 0 saturated heterocycles. The topological polar surface area (TPSA) is 74.0 Å². The van der Waals surface area contributed by atoms with E-state index in [1.165, 1.54) is 0 Å². The molecule has 4 aromatic heterocycles. The highest BCUT2D eigenvalue weighted by molar-refractivity contribution is 7.22. The number of aromatic nitrogens is 4. The summed E-state index contributed by atoms with van der Waals surface area (Å²) in [5, 5.41) is 3.57. The fraction of sp³-hybridized carbons (Fsp3) is 0.136. The zero-order valence-corrected chi connectivity index (χ0v) is 17.5. The van der Waals surface area contributed by atoms with Crippen LogP contribution in [0.2, 0.25) is 0 Å². The Balaban J connectivity index is 1.55. The maximum absolute atomic E-state index is 12.1. The lowest BCUT2D eigenvalue weighted by atomic mass is 10.1. The molecule has 30 heavy (non-hydrogen) atoms. The third-order valence-corrected chi connectivity index (χ3v) is 6.21. The fourth-order valence-electron chi connectivity index (χ4n) is 3.58. The Labute approximate surface area is 176 Å². The lowest BCUT2D eigenvalue weighted by molar-refractivity contribution is 0.0964. The first-order valence-electron chi connectivity index (χ1n) is 9.40. The number of ether oxygens (including phenoxy) is 1. The van der Waals surface area contributed by atoms with Gasteiger partial charge in [-0.25, -0.2) is 4.98 Å². The SMILES string of the molecule is CNC(=O)c1cn(C)c2cc(Oc3ccnc4cc(-c5nccn5C)sc34)ccc12. The number of carbonyl (C=O) groups is 1. The molecule has 5 rings (SSSR count). The van der Waals surface area contributed by atoms with Crippen LogP contribution in [0, 0.1) is 0 Å². The monoisotopic (exact) mass is 417 g/mol. The van der Waals surface area contributed by atoms with Crippen LogP contribution in [-0.2, 0) is 14.1 Å². The second kappa shape index (κ2) is 7.00. The van der Waals surface area contributed by atoms with Crippen LogP contribution in [-0.4, -0.2) is 32.1 Å². The van der Waals surface area contributed by atoms with Crippen LogP contribution in [0.5, 0.6) is 11.5 Å². The number of amides is 1. The van der Waals surface area contributed by atoms with Gasteiger partial charge in [0.05, 0.1) is 26.2 Å². The number of hydrogen-bond acceptors (Lipinski definition) is 5. The third-order valence-electron chi connectivity index (χ3n) is 5.08. The average molecular weight is 417 g/mol. The summed E-state index contributed by atoms with van der Waals surface area (Å²) in [7, 11) is 5.52. The second-order valence-electron chi connectivity index (χ2n) is 7.01. The Hall–Kier alpha value is -3.65. The molecule has 7 nitrogen and oxygen atoms in total. The van der Waals surface area contributed by atoms with Crippen molar-refractivity contribution in [3.8, 4) is 22.2 Å². The maximum atomic E-state index is 12.1. The normalized spacial score (nSPS) is 11.3. The van der Waals surface area contributed by atoms with Gasteiger partial charge >= 0.3 is 0 Å². The summed E-state index contributed by atoms with van der Waals surface area (Å²) in [5.41, 5.74) is 2.44. The molecule has 0 unspecified atom stereocenters. The van der Waals surface area contributed by atoms with Gasteiger partial charge in [0.2, 0.25) is 0 Å². The van der Waals surface area contributed by atoms with Crippen molar-refractivity contribution in [2.24, 2.45) is 14.1 Å². The molecule has 0 bridgehead atoms. The Morgan fingerprint density at radius 3 is 2.73 bits per heavy atom. The van der Waals surface area contributed by atoms with Gasteiger partial charge in [-0.15, -0.1) is 11.3 Å². The van der Waals surface area contributed by atoms with E-state index in [2.05, 4.69) is 15.3 Å². The number of hydrogen-bond donors (Lipinski definition) is 1. The van der Waals surface area contributed by atoms with Crippen molar-refractivity contribution in [2.45, 2.75) is 0 Å². The Morgan fingerprint density at radius 2 is 1.97 bits per heavy atom. The summed E-state index contributed by atoms with van der Waals surface area (Å²) in [6, 6.07) is 9.65. The van der Waals surface area contributed by atoms with Crippen LogP contribution >= 0.6 is 11.3 Å². The van der Waals surface area contributed by atoms with Crippen molar-refractivity contribution in [3.63, 3.8) is 0 Å². The highest BCUT2D eigenvalue weighted by Gasteiger charge is 2.16. The van der Waals surface area contributed by atoms with Crippen LogP contribution in [0.4, 0.5) is 0 Å². The Morgan fingerprint density at radius 1 is 1.10 bits per heavy atom. The second-order valence-corrected chi connectivity index (χ2v) is 8.06. The lowest BCUT2D eigenvalue weighted by Crippen LogP contribution is -2.17. The zero-order valence-electron chi connectivity index (χ0n) is 16.7. The lowest BCUT2D eigenvalue weighted by Gasteiger charge is -2.07. The van der Waals surface area contributed by atoms with Crippen LogP contribution in [0.1, 0.15) is 10.4 Å². The number of carbonyl (C=O) groups excluding carboxylic acids is 1. The molecule has 150 valence electrons. The molecule has 0 spiro atoms. The molecule has 4 heterocycles. The van der Waals surface area contributed by atoms with Crippen molar-refractivity contribution in [3.05, 3.63) is 60.7 Å². The number of nitrogens with one attached hydrogen (secondary N) is 1. The molecule has 0 aliphatic carbocycles. The van der Waals surface area contributed by atoms with E-state index in [0.29, 0.717) is 11.3 Å². The summed E-state index contributed by atoms with van der Waals surface area (Å²) >= 11 is 1.60. The van der Waals surface area contributed by atoms with E-state index in [4.69, 9.17) is 4.74 Å². The van der Waals surface area contributed by atoms with Gasteiger partial charge in [-0.1, -0.05) is 0 Å². The number of pyridine rings is 1. The molecular formula is C22H19N5O2S. The summed E-state index contributed by atoms with van der Waals surface area (Å²) in [6.07, 6.45) is 7.28. The van der Waals surface area contributed by atoms with Crippen molar-refractivity contribution >= 4 is 38.4 Å². The molecule has 5 aromatic rings. The van der Waals surface area contributed by atoms with Gasteiger partial charge in [0, 0.05) is 63.4 Å². The van der Waals surface area contributed by atoms with E-state index in [0.717, 1.165) is 37.6 Å². The summed E-state index contributed by atoms with van der Waals surface area (Å²) in [4.78, 5) is 22.1. The van der Waals surface area contributed by atoms with E-state index in [9.17, 15) is 4.79 Å². The van der Waals surface area contributed by atoms with Crippen LogP contribution in [0.15, 0.2) is 55.1 Å². The smallest absolute Gasteiger partial charge is 0.253 e. The molecule has 0 aliphatic heterocycles. The van der Waals surface area contributed by atoms with Crippen molar-refractivity contribution in [2.75, 3.05) is 7.05 Å². The maximum Gasteiger partial charge on any atom is 0.253 e. The number of imidazole rings is 1. The van der Waals surface area contributed by atoms with Gasteiger partial charge < -0.3 is 19.2 Å². The largest absolute Gasteiger partial charge is 0.456 e. The van der Waals surface area contributed by atoms with Gasteiger partial charge in [-0.3, -0.25) is 9.78 Å². The molecule has 0 fully saturated rings. The zero-order chi connectivity index (χ0) is 20.8. The molecule has 0 atom stereocenters. The summed E-state index contributed by atoms with van der Waals surface area (Å²) in [5.74, 6) is 2.23. The fourth-order valence-corrected chi connectivity index (χ4v) is 4.68. The van der Waals surface area contributed by atoms with Gasteiger partial charge in [0.25, 0.3) is 5.91 Å². The molecule has 1 N–H and O–H groups in total. The minimum Gasteiger partial charge on any atom is -0.456 e. The van der Waals surface area contributed by atoms with Crippen molar-refractivity contribution in [1.82, 2.24) is 24.4 Å². The van der Waals surface area contributed by atoms with Gasteiger partial charge in [-0.2, -0.15) is 0 Å². The quantitative estimate of drug-likeness (QED) is 0.472. The highest BCUT2D eigenvalue weighted by atomic mass is 32.1. The standard InChI is InChI=1S/C22H19N5O2S/c1-23-22(28)15-12-27(3)17-10-13(4-5-14(15)17)29-18-6-7-24-16-11-19(30-20(16)18)21-25-8-9-26(21)2/h4-12H,1-3H3,(H,23,28). The van der Waals surface area contributed by atoms with Crippen molar-refractivity contribution < 1.29 is 9.53 Å². The minimum absolute atomic E-state index is 0.106. The van der Waals surface area contributed by atoms with E-state index < -0.39 is 0 Å². The minimum atomic E-state index is -0.106. The van der Waals surface area contributed by atoms with E-state index in [1.54, 1.807) is 30.8 Å². The number of benzene rings is 1. The van der Waals surface area contributed by atoms with Gasteiger partial charge in [-0.05, 0) is 18.2 Å². The molecular weight excluding hydrogens is 398 g/mol. The molecule has 0 saturated carbocycles. The Bertz CT molecular complexity index is 1410. The first-order chi connectivity index (χ1) is 14.5. The van der Waals surface area contributed by atoms with Gasteiger partial charge in [0.1, 0.15) is 17.3 Å². The molecule has 8 heteroatoms. The molecule has 1 aromatic carbocycles. The van der Waals surface area contributed by atoms with Crippen LogP contribution in [0.3, 0.4) is 0 Å². The number of rotatable bonds is 4. The summed E-state index contributed by atoms with van der Waals surface area (Å²) < 4.78 is 11.1. The molecule has 0 aliphatic rings. The van der Waals surface area contributed by atoms with E-state index in [1.807, 2.05) is 66.0 Å². The first kappa shape index (κ1) is 18.4. The number of nitrogens with zero attached hydrogens (tertiary/aromatic N) is 4. The van der Waals surface area contributed by atoms with Crippen LogP contribution in [0.25, 0.3) is 31.8 Å². The van der Waals surface area contributed by atoms with Crippen LogP contribution < -0.4 is 10.1 Å². The van der Waals surface area contributed by atoms with E-state index >= 15 is 0 Å². The highest BCUT2D eigenvalue weighted by Crippen LogP contribution is 2.39.